The molecule has 0 aliphatic carbocycles. The summed E-state index contributed by atoms with van der Waals surface area (Å²) >= 11 is 0. The number of methoxy groups -OCH3 is 1. The molecule has 0 amide bonds. The van der Waals surface area contributed by atoms with Crippen molar-refractivity contribution in [3.8, 4) is 23.0 Å². The number of ether oxygens (including phenoxy) is 4. The van der Waals surface area contributed by atoms with Gasteiger partial charge in [0.15, 0.2) is 0 Å². The van der Waals surface area contributed by atoms with E-state index in [-0.39, 0.29) is 17.6 Å². The van der Waals surface area contributed by atoms with Crippen molar-refractivity contribution in [2.45, 2.75) is 31.5 Å². The molecule has 0 fully saturated rings. The minimum atomic E-state index is -0.300. The van der Waals surface area contributed by atoms with E-state index in [4.69, 9.17) is 18.9 Å². The van der Waals surface area contributed by atoms with Crippen molar-refractivity contribution < 1.29 is 18.9 Å². The van der Waals surface area contributed by atoms with E-state index in [1.54, 1.807) is 7.11 Å². The third-order valence-electron chi connectivity index (χ3n) is 5.16. The lowest BCUT2D eigenvalue weighted by molar-refractivity contribution is 0.133. The van der Waals surface area contributed by atoms with Crippen molar-refractivity contribution in [3.63, 3.8) is 0 Å². The molecule has 0 saturated carbocycles. The number of benzene rings is 2. The molecule has 3 aliphatic rings. The molecular weight excluding hydrogens is 316 g/mol. The van der Waals surface area contributed by atoms with Crippen LogP contribution in [0.1, 0.15) is 42.6 Å². The van der Waals surface area contributed by atoms with Gasteiger partial charge in [-0.05, 0) is 50.3 Å². The number of hydrogen-bond acceptors (Lipinski definition) is 4. The predicted octanol–water partition coefficient (Wildman–Crippen LogP) is 4.49. The van der Waals surface area contributed by atoms with Crippen LogP contribution in [0.25, 0.3) is 6.08 Å². The molecule has 0 bridgehead atoms. The SMILES string of the molecule is COc1cccc2c1[C@H]1COc3c(ccc4c3C=CC(C)(C)O4)[C@H]1O2. The van der Waals surface area contributed by atoms with E-state index >= 15 is 0 Å². The number of rotatable bonds is 1. The Bertz CT molecular complexity index is 897. The highest BCUT2D eigenvalue weighted by molar-refractivity contribution is 5.70. The normalized spacial score (nSPS) is 24.0. The maximum atomic E-state index is 6.29. The molecule has 0 aromatic heterocycles. The fraction of sp³-hybridized carbons (Fsp3) is 0.333. The van der Waals surface area contributed by atoms with E-state index in [2.05, 4.69) is 18.2 Å². The van der Waals surface area contributed by atoms with Crippen molar-refractivity contribution in [1.82, 2.24) is 0 Å². The van der Waals surface area contributed by atoms with E-state index in [0.29, 0.717) is 6.61 Å². The van der Waals surface area contributed by atoms with Gasteiger partial charge in [0.1, 0.15) is 34.7 Å². The van der Waals surface area contributed by atoms with Gasteiger partial charge in [-0.1, -0.05) is 6.07 Å². The van der Waals surface area contributed by atoms with Crippen LogP contribution in [0.15, 0.2) is 36.4 Å². The summed E-state index contributed by atoms with van der Waals surface area (Å²) in [6, 6.07) is 10.0. The Morgan fingerprint density at radius 3 is 2.84 bits per heavy atom. The summed E-state index contributed by atoms with van der Waals surface area (Å²) < 4.78 is 24.1. The van der Waals surface area contributed by atoms with Crippen molar-refractivity contribution >= 4 is 6.08 Å². The Hall–Kier alpha value is -2.62. The van der Waals surface area contributed by atoms with Gasteiger partial charge in [-0.25, -0.2) is 0 Å². The summed E-state index contributed by atoms with van der Waals surface area (Å²) in [5, 5.41) is 0. The monoisotopic (exact) mass is 336 g/mol. The van der Waals surface area contributed by atoms with Crippen LogP contribution in [-0.2, 0) is 0 Å². The second-order valence-corrected chi connectivity index (χ2v) is 7.26. The highest BCUT2D eigenvalue weighted by atomic mass is 16.5. The van der Waals surface area contributed by atoms with E-state index in [1.807, 2.05) is 38.1 Å². The van der Waals surface area contributed by atoms with Crippen LogP contribution in [-0.4, -0.2) is 19.3 Å². The molecule has 4 nitrogen and oxygen atoms in total. The van der Waals surface area contributed by atoms with Crippen LogP contribution in [0.2, 0.25) is 0 Å². The molecule has 3 aliphatic heterocycles. The molecule has 0 spiro atoms. The molecule has 4 heteroatoms. The Kier molecular flexibility index (Phi) is 2.91. The van der Waals surface area contributed by atoms with Crippen LogP contribution < -0.4 is 18.9 Å². The van der Waals surface area contributed by atoms with Crippen LogP contribution in [0.5, 0.6) is 23.0 Å². The molecule has 2 aromatic carbocycles. The Balaban J connectivity index is 1.61. The molecule has 0 unspecified atom stereocenters. The van der Waals surface area contributed by atoms with Crippen LogP contribution >= 0.6 is 0 Å². The smallest absolute Gasteiger partial charge is 0.138 e. The van der Waals surface area contributed by atoms with Gasteiger partial charge in [0.05, 0.1) is 25.2 Å². The van der Waals surface area contributed by atoms with Gasteiger partial charge >= 0.3 is 0 Å². The largest absolute Gasteiger partial charge is 0.496 e. The first-order valence-corrected chi connectivity index (χ1v) is 8.59. The first-order chi connectivity index (χ1) is 12.1. The third kappa shape index (κ3) is 2.06. The average molecular weight is 336 g/mol. The van der Waals surface area contributed by atoms with Crippen molar-refractivity contribution in [2.24, 2.45) is 0 Å². The summed E-state index contributed by atoms with van der Waals surface area (Å²) in [7, 11) is 1.70. The first kappa shape index (κ1) is 14.7. The predicted molar refractivity (Wildman–Crippen MR) is 94.8 cm³/mol. The molecule has 2 aromatic rings. The summed E-state index contributed by atoms with van der Waals surface area (Å²) in [6.45, 7) is 4.66. The zero-order chi connectivity index (χ0) is 17.2. The maximum Gasteiger partial charge on any atom is 0.138 e. The molecular formula is C21H20O4. The van der Waals surface area contributed by atoms with E-state index in [1.165, 1.54) is 0 Å². The summed E-state index contributed by atoms with van der Waals surface area (Å²) in [4.78, 5) is 0. The summed E-state index contributed by atoms with van der Waals surface area (Å²) in [6.07, 6.45) is 4.11. The fourth-order valence-electron chi connectivity index (χ4n) is 4.00. The second kappa shape index (κ2) is 4.94. The summed E-state index contributed by atoms with van der Waals surface area (Å²) in [5.74, 6) is 3.62. The van der Waals surface area contributed by atoms with E-state index < -0.39 is 0 Å². The third-order valence-corrected chi connectivity index (χ3v) is 5.16. The molecule has 0 radical (unpaired) electrons. The molecule has 0 saturated heterocycles. The molecule has 2 atom stereocenters. The Labute approximate surface area is 147 Å². The van der Waals surface area contributed by atoms with Crippen molar-refractivity contribution in [2.75, 3.05) is 13.7 Å². The highest BCUT2D eigenvalue weighted by Gasteiger charge is 2.43. The Morgan fingerprint density at radius 1 is 1.12 bits per heavy atom. The van der Waals surface area contributed by atoms with Gasteiger partial charge in [-0.15, -0.1) is 0 Å². The van der Waals surface area contributed by atoms with E-state index in [0.717, 1.165) is 39.7 Å². The second-order valence-electron chi connectivity index (χ2n) is 7.26. The lowest BCUT2D eigenvalue weighted by atomic mass is 9.87. The van der Waals surface area contributed by atoms with E-state index in [9.17, 15) is 0 Å². The minimum Gasteiger partial charge on any atom is -0.496 e. The van der Waals surface area contributed by atoms with Crippen LogP contribution in [0, 0.1) is 0 Å². The fourth-order valence-corrected chi connectivity index (χ4v) is 4.00. The van der Waals surface area contributed by atoms with Gasteiger partial charge in [-0.3, -0.25) is 0 Å². The molecule has 128 valence electrons. The zero-order valence-electron chi connectivity index (χ0n) is 14.5. The summed E-state index contributed by atoms with van der Waals surface area (Å²) in [5.41, 5.74) is 2.88. The lowest BCUT2D eigenvalue weighted by Gasteiger charge is -2.33. The molecule has 25 heavy (non-hydrogen) atoms. The lowest BCUT2D eigenvalue weighted by Crippen LogP contribution is -2.29. The van der Waals surface area contributed by atoms with Gasteiger partial charge in [0, 0.05) is 11.1 Å². The van der Waals surface area contributed by atoms with Crippen LogP contribution in [0.4, 0.5) is 0 Å². The van der Waals surface area contributed by atoms with Crippen molar-refractivity contribution in [1.29, 1.82) is 0 Å². The minimum absolute atomic E-state index is 0.0521. The Morgan fingerprint density at radius 2 is 2.00 bits per heavy atom. The zero-order valence-corrected chi connectivity index (χ0v) is 14.5. The van der Waals surface area contributed by atoms with Gasteiger partial charge in [0.25, 0.3) is 0 Å². The highest BCUT2D eigenvalue weighted by Crippen LogP contribution is 2.55. The number of fused-ring (bicyclic) bond motifs is 7. The average Bonchev–Trinajstić information content (AvgIpc) is 2.99. The van der Waals surface area contributed by atoms with Crippen LogP contribution in [0.3, 0.4) is 0 Å². The first-order valence-electron chi connectivity index (χ1n) is 8.59. The number of hydrogen-bond donors (Lipinski definition) is 0. The molecule has 3 heterocycles. The van der Waals surface area contributed by atoms with Gasteiger partial charge in [0.2, 0.25) is 0 Å². The standard InChI is InChI=1S/C21H20O4/c1-21(2)10-9-12-15(25-21)8-7-13-19(12)23-11-14-18-16(22-3)5-4-6-17(18)24-20(13)14/h4-10,14,20H,11H2,1-3H3/t14-,20-/m1/s1. The molecule has 0 N–H and O–H groups in total. The van der Waals surface area contributed by atoms with Gasteiger partial charge in [-0.2, -0.15) is 0 Å². The van der Waals surface area contributed by atoms with Gasteiger partial charge < -0.3 is 18.9 Å². The quantitative estimate of drug-likeness (QED) is 0.769. The molecule has 5 rings (SSSR count). The maximum absolute atomic E-state index is 6.29. The topological polar surface area (TPSA) is 36.9 Å². The van der Waals surface area contributed by atoms with Crippen molar-refractivity contribution in [3.05, 3.63) is 53.1 Å².